The Labute approximate surface area is 209 Å². The molecule has 6 heteroatoms. The van der Waals surface area contributed by atoms with Crippen molar-refractivity contribution in [3.63, 3.8) is 0 Å². The predicted molar refractivity (Wildman–Crippen MR) is 143 cm³/mol. The first kappa shape index (κ1) is 25.0. The fraction of sp³-hybridized carbons (Fsp3) is 0.500. The average molecular weight is 549 g/mol. The van der Waals surface area contributed by atoms with Crippen molar-refractivity contribution in [1.29, 1.82) is 0 Å². The molecular weight excluding hydrogens is 511 g/mol. The number of benzene rings is 2. The van der Waals surface area contributed by atoms with Gasteiger partial charge in [-0.15, -0.1) is 24.0 Å². The minimum Gasteiger partial charge on any atom is -0.393 e. The highest BCUT2D eigenvalue weighted by molar-refractivity contribution is 14.0. The fourth-order valence-electron chi connectivity index (χ4n) is 4.72. The van der Waals surface area contributed by atoms with E-state index < -0.39 is 0 Å². The highest BCUT2D eigenvalue weighted by atomic mass is 127. The molecule has 32 heavy (non-hydrogen) atoms. The van der Waals surface area contributed by atoms with Crippen molar-refractivity contribution in [2.45, 2.75) is 56.7 Å². The van der Waals surface area contributed by atoms with E-state index >= 15 is 0 Å². The number of halogens is 1. The lowest BCUT2D eigenvalue weighted by Gasteiger charge is -2.43. The van der Waals surface area contributed by atoms with Gasteiger partial charge in [-0.2, -0.15) is 0 Å². The van der Waals surface area contributed by atoms with E-state index in [1.165, 1.54) is 36.0 Å². The molecule has 1 saturated carbocycles. The molecule has 2 fully saturated rings. The number of aliphatic hydroxyl groups is 1. The highest BCUT2D eigenvalue weighted by Crippen LogP contribution is 2.43. The monoisotopic (exact) mass is 548 g/mol. The van der Waals surface area contributed by atoms with Crippen LogP contribution in [0.4, 0.5) is 0 Å². The number of hydrogen-bond acceptors (Lipinski definition) is 3. The maximum absolute atomic E-state index is 9.66. The summed E-state index contributed by atoms with van der Waals surface area (Å²) in [4.78, 5) is 6.85. The molecule has 1 saturated heterocycles. The van der Waals surface area contributed by atoms with Crippen molar-refractivity contribution in [1.82, 2.24) is 15.5 Å². The summed E-state index contributed by atoms with van der Waals surface area (Å²) in [6.45, 7) is 4.60. The molecule has 0 aromatic heterocycles. The average Bonchev–Trinajstić information content (AvgIpc) is 2.78. The summed E-state index contributed by atoms with van der Waals surface area (Å²) in [7, 11) is 1.84. The maximum Gasteiger partial charge on any atom is 0.191 e. The number of aliphatic imine (C=N–C) groups is 1. The van der Waals surface area contributed by atoms with Gasteiger partial charge in [-0.05, 0) is 42.4 Å². The van der Waals surface area contributed by atoms with Gasteiger partial charge in [-0.3, -0.25) is 9.89 Å². The smallest absolute Gasteiger partial charge is 0.191 e. The largest absolute Gasteiger partial charge is 0.393 e. The van der Waals surface area contributed by atoms with Crippen LogP contribution < -0.4 is 10.6 Å². The summed E-state index contributed by atoms with van der Waals surface area (Å²) < 4.78 is 0. The van der Waals surface area contributed by atoms with Crippen LogP contribution >= 0.6 is 24.0 Å². The molecular formula is C26H37IN4O. The minimum atomic E-state index is -0.111. The van der Waals surface area contributed by atoms with Crippen molar-refractivity contribution < 1.29 is 5.11 Å². The molecule has 1 aliphatic carbocycles. The number of hydrogen-bond donors (Lipinski definition) is 3. The standard InChI is InChI=1S/C26H36N4O.HI/c1-27-25(29-20-26(14-5-15-26)23-6-3-2-4-7-23)28-18-21-8-10-22(11-9-21)19-30-16-12-24(31)13-17-30;/h2-4,6-11,24,31H,5,12-20H2,1H3,(H2,27,28,29);1H. The Morgan fingerprint density at radius 2 is 1.66 bits per heavy atom. The Kier molecular flexibility index (Phi) is 9.37. The first-order valence-corrected chi connectivity index (χ1v) is 11.7. The summed E-state index contributed by atoms with van der Waals surface area (Å²) in [5, 5.41) is 16.7. The Bertz CT molecular complexity index is 844. The zero-order chi connectivity index (χ0) is 21.5. The fourth-order valence-corrected chi connectivity index (χ4v) is 4.72. The summed E-state index contributed by atoms with van der Waals surface area (Å²) in [6.07, 6.45) is 5.43. The van der Waals surface area contributed by atoms with Gasteiger partial charge in [0, 0.05) is 45.2 Å². The van der Waals surface area contributed by atoms with E-state index in [2.05, 4.69) is 75.1 Å². The zero-order valence-electron chi connectivity index (χ0n) is 19.1. The van der Waals surface area contributed by atoms with Crippen LogP contribution in [0.1, 0.15) is 48.8 Å². The zero-order valence-corrected chi connectivity index (χ0v) is 21.4. The van der Waals surface area contributed by atoms with E-state index in [1.807, 2.05) is 7.05 Å². The SMILES string of the molecule is CN=C(NCc1ccc(CN2CCC(O)CC2)cc1)NCC1(c2ccccc2)CCC1.I. The number of aliphatic hydroxyl groups excluding tert-OH is 1. The second-order valence-electron chi connectivity index (χ2n) is 9.10. The number of likely N-dealkylation sites (tertiary alicyclic amines) is 1. The molecule has 5 nitrogen and oxygen atoms in total. The molecule has 174 valence electrons. The predicted octanol–water partition coefficient (Wildman–Crippen LogP) is 4.05. The van der Waals surface area contributed by atoms with Gasteiger partial charge < -0.3 is 15.7 Å². The molecule has 2 aromatic carbocycles. The Balaban J connectivity index is 0.00000289. The first-order chi connectivity index (χ1) is 15.2. The first-order valence-electron chi connectivity index (χ1n) is 11.7. The second kappa shape index (κ2) is 12.0. The summed E-state index contributed by atoms with van der Waals surface area (Å²) in [6, 6.07) is 19.7. The van der Waals surface area contributed by atoms with Gasteiger partial charge in [-0.1, -0.05) is 61.0 Å². The van der Waals surface area contributed by atoms with E-state index in [0.29, 0.717) is 0 Å². The molecule has 2 aromatic rings. The van der Waals surface area contributed by atoms with E-state index in [9.17, 15) is 5.11 Å². The molecule has 0 amide bonds. The molecule has 4 rings (SSSR count). The van der Waals surface area contributed by atoms with Crippen molar-refractivity contribution in [2.24, 2.45) is 4.99 Å². The molecule has 1 heterocycles. The van der Waals surface area contributed by atoms with Crippen LogP contribution in [0.2, 0.25) is 0 Å². The lowest BCUT2D eigenvalue weighted by atomic mass is 9.64. The normalized spacial score (nSPS) is 19.0. The van der Waals surface area contributed by atoms with E-state index in [0.717, 1.165) is 51.5 Å². The summed E-state index contributed by atoms with van der Waals surface area (Å²) >= 11 is 0. The van der Waals surface area contributed by atoms with Crippen molar-refractivity contribution >= 4 is 29.9 Å². The van der Waals surface area contributed by atoms with Crippen LogP contribution in [0.5, 0.6) is 0 Å². The lowest BCUT2D eigenvalue weighted by molar-refractivity contribution is 0.0792. The lowest BCUT2D eigenvalue weighted by Crippen LogP contribution is -2.48. The van der Waals surface area contributed by atoms with Gasteiger partial charge in [0.15, 0.2) is 5.96 Å². The third-order valence-corrected chi connectivity index (χ3v) is 6.96. The molecule has 0 unspecified atom stereocenters. The number of piperidine rings is 1. The molecule has 2 aliphatic rings. The molecule has 0 atom stereocenters. The molecule has 1 aliphatic heterocycles. The third kappa shape index (κ3) is 6.45. The quantitative estimate of drug-likeness (QED) is 0.278. The number of rotatable bonds is 7. The van der Waals surface area contributed by atoms with Crippen molar-refractivity contribution in [3.05, 3.63) is 71.3 Å². The topological polar surface area (TPSA) is 59.9 Å². The van der Waals surface area contributed by atoms with Crippen LogP contribution in [0.3, 0.4) is 0 Å². The van der Waals surface area contributed by atoms with E-state index in [-0.39, 0.29) is 35.5 Å². The van der Waals surface area contributed by atoms with Gasteiger partial charge in [-0.25, -0.2) is 0 Å². The van der Waals surface area contributed by atoms with Gasteiger partial charge in [0.25, 0.3) is 0 Å². The second-order valence-corrected chi connectivity index (χ2v) is 9.10. The summed E-state index contributed by atoms with van der Waals surface area (Å²) in [5.41, 5.74) is 4.26. The number of nitrogens with one attached hydrogen (secondary N) is 2. The molecule has 0 spiro atoms. The van der Waals surface area contributed by atoms with E-state index in [1.54, 1.807) is 0 Å². The Morgan fingerprint density at radius 3 is 2.25 bits per heavy atom. The van der Waals surface area contributed by atoms with Gasteiger partial charge in [0.05, 0.1) is 6.10 Å². The molecule has 0 radical (unpaired) electrons. The third-order valence-electron chi connectivity index (χ3n) is 6.96. The van der Waals surface area contributed by atoms with Crippen molar-refractivity contribution in [3.8, 4) is 0 Å². The van der Waals surface area contributed by atoms with Crippen LogP contribution in [0, 0.1) is 0 Å². The minimum absolute atomic E-state index is 0. The molecule has 3 N–H and O–H groups in total. The number of guanidine groups is 1. The van der Waals surface area contributed by atoms with E-state index in [4.69, 9.17) is 0 Å². The van der Waals surface area contributed by atoms with Crippen LogP contribution in [-0.2, 0) is 18.5 Å². The highest BCUT2D eigenvalue weighted by Gasteiger charge is 2.38. The van der Waals surface area contributed by atoms with Gasteiger partial charge in [0.2, 0.25) is 0 Å². The Hall–Kier alpha value is -1.64. The van der Waals surface area contributed by atoms with Gasteiger partial charge >= 0.3 is 0 Å². The van der Waals surface area contributed by atoms with Crippen LogP contribution in [-0.4, -0.2) is 48.8 Å². The molecule has 0 bridgehead atoms. The Morgan fingerprint density at radius 1 is 1.00 bits per heavy atom. The van der Waals surface area contributed by atoms with Crippen molar-refractivity contribution in [2.75, 3.05) is 26.7 Å². The van der Waals surface area contributed by atoms with Crippen LogP contribution in [0.15, 0.2) is 59.6 Å². The number of nitrogens with zero attached hydrogens (tertiary/aromatic N) is 2. The summed E-state index contributed by atoms with van der Waals surface area (Å²) in [5.74, 6) is 0.859. The maximum atomic E-state index is 9.66. The van der Waals surface area contributed by atoms with Gasteiger partial charge in [0.1, 0.15) is 0 Å². The van der Waals surface area contributed by atoms with Crippen LogP contribution in [0.25, 0.3) is 0 Å².